The van der Waals surface area contributed by atoms with Crippen molar-refractivity contribution in [2.24, 2.45) is 5.92 Å². The fourth-order valence-corrected chi connectivity index (χ4v) is 5.50. The van der Waals surface area contributed by atoms with Crippen LogP contribution in [-0.4, -0.2) is 118 Å². The second-order valence-corrected chi connectivity index (χ2v) is 18.6. The molecule has 0 radical (unpaired) electrons. The van der Waals surface area contributed by atoms with Crippen molar-refractivity contribution in [3.63, 3.8) is 0 Å². The molecule has 1 fully saturated rings. The number of hydrogen-bond donors (Lipinski definition) is 3. The van der Waals surface area contributed by atoms with E-state index in [2.05, 4.69) is 79.9 Å². The van der Waals surface area contributed by atoms with Crippen LogP contribution in [0.1, 0.15) is 94.2 Å². The van der Waals surface area contributed by atoms with Crippen LogP contribution in [0.3, 0.4) is 0 Å². The highest BCUT2D eigenvalue weighted by atomic mass is 32.2. The molecule has 0 aromatic heterocycles. The normalized spacial score (nSPS) is 13.7. The van der Waals surface area contributed by atoms with Gasteiger partial charge in [0.2, 0.25) is 5.91 Å². The molecule has 0 spiro atoms. The Labute approximate surface area is 339 Å². The highest BCUT2D eigenvalue weighted by Gasteiger charge is 2.29. The van der Waals surface area contributed by atoms with E-state index in [4.69, 9.17) is 29.2 Å². The van der Waals surface area contributed by atoms with Gasteiger partial charge in [-0.25, -0.2) is 0 Å². The molecule has 3 N–H and O–H groups in total. The summed E-state index contributed by atoms with van der Waals surface area (Å²) in [6, 6.07) is 16.3. The Bertz CT molecular complexity index is 1470. The zero-order chi connectivity index (χ0) is 43.2. The van der Waals surface area contributed by atoms with Crippen LogP contribution in [0.5, 0.6) is 11.5 Å². The highest BCUT2D eigenvalue weighted by molar-refractivity contribution is 7.86. The number of carbonyl (C=O) groups is 1. The van der Waals surface area contributed by atoms with Crippen LogP contribution in [0, 0.1) is 5.92 Å². The highest BCUT2D eigenvalue weighted by Crippen LogP contribution is 2.33. The first kappa shape index (κ1) is 53.0. The second kappa shape index (κ2) is 25.3. The van der Waals surface area contributed by atoms with Crippen molar-refractivity contribution in [1.29, 1.82) is 0 Å². The third kappa shape index (κ3) is 27.5. The molecular weight excluding hydrogens is 737 g/mol. The van der Waals surface area contributed by atoms with Gasteiger partial charge in [0, 0.05) is 42.1 Å². The zero-order valence-corrected chi connectivity index (χ0v) is 37.4. The number of carbonyl (C=O) groups excluding carboxylic acids is 1. The first-order chi connectivity index (χ1) is 25.7. The number of ether oxygens (including phenoxy) is 4. The summed E-state index contributed by atoms with van der Waals surface area (Å²) >= 11 is 0. The SMILES string of the molecule is C=CC(=O)NC(C)(C)C.CC(C)(C)N1CC1.CC(C)(C)OS(C)(=O)=O.CC(CO)COc1ccc(C(C)(C)c2ccc(OCCOCCOCCO)cc2)cc1. The lowest BCUT2D eigenvalue weighted by Gasteiger charge is -2.26. The lowest BCUT2D eigenvalue weighted by Crippen LogP contribution is -2.39. The number of aliphatic hydroxyl groups is 2. The number of rotatable bonds is 17. The predicted molar refractivity (Wildman–Crippen MR) is 226 cm³/mol. The van der Waals surface area contributed by atoms with Crippen LogP contribution in [0.15, 0.2) is 61.2 Å². The molecule has 12 nitrogen and oxygen atoms in total. The van der Waals surface area contributed by atoms with Gasteiger partial charge in [-0.15, -0.1) is 0 Å². The largest absolute Gasteiger partial charge is 0.493 e. The first-order valence-electron chi connectivity index (χ1n) is 19.2. The molecule has 56 heavy (non-hydrogen) atoms. The van der Waals surface area contributed by atoms with Gasteiger partial charge in [-0.3, -0.25) is 13.9 Å². The van der Waals surface area contributed by atoms with Gasteiger partial charge >= 0.3 is 0 Å². The average molecular weight is 811 g/mol. The maximum absolute atomic E-state index is 10.6. The van der Waals surface area contributed by atoms with E-state index in [0.717, 1.165) is 17.8 Å². The molecule has 0 aliphatic carbocycles. The summed E-state index contributed by atoms with van der Waals surface area (Å²) in [4.78, 5) is 13.0. The van der Waals surface area contributed by atoms with Gasteiger partial charge < -0.3 is 34.5 Å². The van der Waals surface area contributed by atoms with Gasteiger partial charge in [-0.1, -0.05) is 51.6 Å². The molecule has 0 saturated carbocycles. The van der Waals surface area contributed by atoms with Crippen molar-refractivity contribution in [2.45, 2.75) is 105 Å². The number of hydrogen-bond acceptors (Lipinski definition) is 11. The van der Waals surface area contributed by atoms with Gasteiger partial charge in [0.05, 0.1) is 51.5 Å². The van der Waals surface area contributed by atoms with Gasteiger partial charge in [0.1, 0.15) is 18.1 Å². The maximum atomic E-state index is 10.6. The van der Waals surface area contributed by atoms with E-state index in [1.807, 2.05) is 52.0 Å². The summed E-state index contributed by atoms with van der Waals surface area (Å²) in [5.74, 6) is 1.61. The molecule has 13 heteroatoms. The lowest BCUT2D eigenvalue weighted by molar-refractivity contribution is -0.117. The quantitative estimate of drug-likeness (QED) is 0.0707. The summed E-state index contributed by atoms with van der Waals surface area (Å²) < 4.78 is 47.5. The van der Waals surface area contributed by atoms with Crippen molar-refractivity contribution < 1.29 is 46.6 Å². The molecule has 2 aromatic rings. The molecule has 1 amide bonds. The second-order valence-electron chi connectivity index (χ2n) is 17.1. The molecule has 1 saturated heterocycles. The molecule has 1 atom stereocenters. The average Bonchev–Trinajstić information content (AvgIpc) is 3.94. The smallest absolute Gasteiger partial charge is 0.264 e. The van der Waals surface area contributed by atoms with Gasteiger partial charge in [0.15, 0.2) is 0 Å². The minimum absolute atomic E-state index is 0.0282. The molecule has 1 aliphatic heterocycles. The van der Waals surface area contributed by atoms with Gasteiger partial charge in [-0.2, -0.15) is 8.42 Å². The van der Waals surface area contributed by atoms with E-state index in [1.165, 1.54) is 30.3 Å². The Balaban J connectivity index is 0.000000970. The van der Waals surface area contributed by atoms with Crippen LogP contribution >= 0.6 is 0 Å². The summed E-state index contributed by atoms with van der Waals surface area (Å²) in [6.45, 7) is 32.8. The van der Waals surface area contributed by atoms with E-state index < -0.39 is 15.7 Å². The summed E-state index contributed by atoms with van der Waals surface area (Å²) in [5, 5.41) is 20.4. The number of amides is 1. The van der Waals surface area contributed by atoms with Crippen LogP contribution in [-0.2, 0) is 34.0 Å². The Hall–Kier alpha value is -3.04. The zero-order valence-electron chi connectivity index (χ0n) is 36.6. The van der Waals surface area contributed by atoms with E-state index in [9.17, 15) is 13.2 Å². The summed E-state index contributed by atoms with van der Waals surface area (Å²) in [6.07, 6.45) is 2.31. The number of nitrogens with zero attached hydrogens (tertiary/aromatic N) is 1. The molecular formula is C43H74N2O10S. The molecule has 2 aromatic carbocycles. The first-order valence-corrected chi connectivity index (χ1v) is 21.0. The predicted octanol–water partition coefficient (Wildman–Crippen LogP) is 6.37. The molecule has 0 bridgehead atoms. The minimum Gasteiger partial charge on any atom is -0.493 e. The summed E-state index contributed by atoms with van der Waals surface area (Å²) in [7, 11) is -3.28. The Morgan fingerprint density at radius 3 is 1.54 bits per heavy atom. The number of benzene rings is 2. The van der Waals surface area contributed by atoms with E-state index in [-0.39, 0.29) is 36.0 Å². The van der Waals surface area contributed by atoms with E-state index >= 15 is 0 Å². The molecule has 1 aliphatic rings. The molecule has 1 heterocycles. The van der Waals surface area contributed by atoms with Gasteiger partial charge in [0.25, 0.3) is 10.1 Å². The molecule has 1 unspecified atom stereocenters. The van der Waals surface area contributed by atoms with Crippen LogP contribution in [0.4, 0.5) is 0 Å². The van der Waals surface area contributed by atoms with Gasteiger partial charge in [-0.05, 0) is 104 Å². The number of nitrogens with one attached hydrogen (secondary N) is 1. The third-order valence-corrected chi connectivity index (χ3v) is 8.39. The van der Waals surface area contributed by atoms with E-state index in [1.54, 1.807) is 20.8 Å². The van der Waals surface area contributed by atoms with Crippen LogP contribution in [0.25, 0.3) is 0 Å². The third-order valence-electron chi connectivity index (χ3n) is 7.58. The van der Waals surface area contributed by atoms with Crippen molar-refractivity contribution in [1.82, 2.24) is 10.2 Å². The Morgan fingerprint density at radius 2 is 1.23 bits per heavy atom. The lowest BCUT2D eigenvalue weighted by atomic mass is 9.78. The van der Waals surface area contributed by atoms with E-state index in [0.29, 0.717) is 45.2 Å². The van der Waals surface area contributed by atoms with Crippen LogP contribution in [0.2, 0.25) is 0 Å². The minimum atomic E-state index is -3.28. The van der Waals surface area contributed by atoms with Crippen molar-refractivity contribution in [3.8, 4) is 11.5 Å². The fraction of sp³-hybridized carbons (Fsp3) is 0.651. The topological polar surface area (TPSA) is 153 Å². The summed E-state index contributed by atoms with van der Waals surface area (Å²) in [5.41, 5.74) is 1.92. The fourth-order valence-electron chi connectivity index (χ4n) is 4.59. The van der Waals surface area contributed by atoms with Crippen molar-refractivity contribution in [3.05, 3.63) is 72.3 Å². The van der Waals surface area contributed by atoms with Crippen LogP contribution < -0.4 is 14.8 Å². The molecule has 322 valence electrons. The Morgan fingerprint density at radius 1 is 0.786 bits per heavy atom. The van der Waals surface area contributed by atoms with Crippen molar-refractivity contribution in [2.75, 3.05) is 72.2 Å². The standard InChI is InChI=1S/C25H36O6.C7H13NO.C6H13N.C5H12O3S/c1-20(18-27)19-31-24-10-6-22(7-11-24)25(2,3)21-4-8-23(9-5-21)30-17-16-29-15-14-28-13-12-26;1-5-6(9)8-7(2,3)4;1-6(2,3)7-4-5-7;1-5(2,3)8-9(4,6)7/h4-11,20,26-27H,12-19H2,1-3H3;5H,1H2,2-4H3,(H,8,9);4-5H2,1-3H3;1-4H3. The monoisotopic (exact) mass is 811 g/mol. The maximum Gasteiger partial charge on any atom is 0.264 e. The Kier molecular flexibility index (Phi) is 24.0. The van der Waals surface area contributed by atoms with Crippen molar-refractivity contribution >= 4 is 16.0 Å². The number of aliphatic hydroxyl groups excluding tert-OH is 2. The molecule has 3 rings (SSSR count).